The molecule has 0 aliphatic heterocycles. The van der Waals surface area contributed by atoms with Gasteiger partial charge >= 0.3 is 12.1 Å². The van der Waals surface area contributed by atoms with Crippen molar-refractivity contribution in [3.63, 3.8) is 0 Å². The van der Waals surface area contributed by atoms with E-state index < -0.39 is 23.9 Å². The first-order valence-corrected chi connectivity index (χ1v) is 8.51. The number of hydrogen-bond acceptors (Lipinski definition) is 7. The molecule has 1 aromatic heterocycles. The minimum absolute atomic E-state index is 0.147. The van der Waals surface area contributed by atoms with Crippen molar-refractivity contribution in [1.29, 1.82) is 0 Å². The predicted molar refractivity (Wildman–Crippen MR) is 100 cm³/mol. The normalized spacial score (nSPS) is 11.4. The first-order chi connectivity index (χ1) is 13.7. The summed E-state index contributed by atoms with van der Waals surface area (Å²) in [5.74, 6) is -2.36. The van der Waals surface area contributed by atoms with Crippen LogP contribution in [0.3, 0.4) is 0 Å². The summed E-state index contributed by atoms with van der Waals surface area (Å²) in [6, 6.07) is 5.62. The van der Waals surface area contributed by atoms with Crippen molar-refractivity contribution in [2.45, 2.75) is 19.1 Å². The van der Waals surface area contributed by atoms with Crippen LogP contribution in [0.5, 0.6) is 11.5 Å². The topological polar surface area (TPSA) is 149 Å². The second-order valence-electron chi connectivity index (χ2n) is 6.34. The Bertz CT molecular complexity index is 914. The van der Waals surface area contributed by atoms with E-state index in [1.807, 2.05) is 0 Å². The van der Waals surface area contributed by atoms with Gasteiger partial charge in [-0.1, -0.05) is 6.07 Å². The maximum Gasteiger partial charge on any atom is 0.408 e. The lowest BCUT2D eigenvalue weighted by Gasteiger charge is -2.16. The van der Waals surface area contributed by atoms with Crippen LogP contribution in [0.1, 0.15) is 21.6 Å². The van der Waals surface area contributed by atoms with Gasteiger partial charge in [0.15, 0.2) is 11.5 Å². The summed E-state index contributed by atoms with van der Waals surface area (Å²) in [6.07, 6.45) is 0.293. The molecule has 1 aromatic carbocycles. The van der Waals surface area contributed by atoms with Crippen molar-refractivity contribution in [3.05, 3.63) is 53.3 Å². The molecular weight excluding hydrogens is 382 g/mol. The number of amides is 2. The van der Waals surface area contributed by atoms with Gasteiger partial charge in [0.25, 0.3) is 5.91 Å². The number of aromatic nitrogens is 1. The van der Waals surface area contributed by atoms with Crippen LogP contribution in [-0.2, 0) is 22.6 Å². The molecule has 0 fully saturated rings. The molecule has 4 N–H and O–H groups in total. The van der Waals surface area contributed by atoms with Crippen LogP contribution in [-0.4, -0.2) is 63.3 Å². The highest BCUT2D eigenvalue weighted by Gasteiger charge is 2.22. The van der Waals surface area contributed by atoms with Gasteiger partial charge in [-0.2, -0.15) is 0 Å². The average molecular weight is 403 g/mol. The molecule has 0 aliphatic carbocycles. The molecule has 2 aromatic rings. The Kier molecular flexibility index (Phi) is 6.96. The smallest absolute Gasteiger partial charge is 0.408 e. The van der Waals surface area contributed by atoms with Crippen molar-refractivity contribution < 1.29 is 34.4 Å². The number of nitrogens with one attached hydrogen (secondary N) is 1. The Balaban J connectivity index is 2.02. The van der Waals surface area contributed by atoms with E-state index >= 15 is 0 Å². The zero-order chi connectivity index (χ0) is 21.6. The first-order valence-electron chi connectivity index (χ1n) is 8.51. The third-order valence-corrected chi connectivity index (χ3v) is 3.94. The number of aliphatic carboxylic acids is 1. The van der Waals surface area contributed by atoms with Crippen LogP contribution in [0.4, 0.5) is 4.79 Å². The number of nitrogens with zero attached hydrogens (tertiary/aromatic N) is 2. The molecule has 1 unspecified atom stereocenters. The summed E-state index contributed by atoms with van der Waals surface area (Å²) in [6.45, 7) is -0.325. The van der Waals surface area contributed by atoms with Crippen molar-refractivity contribution in [3.8, 4) is 11.5 Å². The van der Waals surface area contributed by atoms with Gasteiger partial charge in [0.1, 0.15) is 12.6 Å². The SMILES string of the molecule is CN(C)C(=O)c1cccnc1COC(=O)NC(Cc1ccc(O)c(O)c1)C(=O)O. The van der Waals surface area contributed by atoms with Crippen molar-refractivity contribution in [2.75, 3.05) is 14.1 Å². The summed E-state index contributed by atoms with van der Waals surface area (Å²) in [4.78, 5) is 41.0. The molecule has 10 heteroatoms. The molecule has 2 rings (SSSR count). The van der Waals surface area contributed by atoms with Crippen LogP contribution in [0, 0.1) is 0 Å². The van der Waals surface area contributed by atoms with E-state index in [9.17, 15) is 29.7 Å². The molecule has 2 amide bonds. The number of aromatic hydroxyl groups is 2. The van der Waals surface area contributed by atoms with Crippen LogP contribution >= 0.6 is 0 Å². The number of carboxylic acid groups (broad SMARTS) is 1. The fourth-order valence-electron chi connectivity index (χ4n) is 2.44. The Morgan fingerprint density at radius 3 is 2.52 bits per heavy atom. The molecule has 10 nitrogen and oxygen atoms in total. The van der Waals surface area contributed by atoms with Gasteiger partial charge in [-0.3, -0.25) is 9.78 Å². The van der Waals surface area contributed by atoms with E-state index in [2.05, 4.69) is 10.3 Å². The minimum Gasteiger partial charge on any atom is -0.504 e. The fraction of sp³-hybridized carbons (Fsp3) is 0.263. The average Bonchev–Trinajstić information content (AvgIpc) is 2.68. The summed E-state index contributed by atoms with van der Waals surface area (Å²) >= 11 is 0. The number of phenols is 2. The highest BCUT2D eigenvalue weighted by atomic mass is 16.5. The third-order valence-electron chi connectivity index (χ3n) is 3.94. The van der Waals surface area contributed by atoms with E-state index in [4.69, 9.17) is 4.74 Å². The molecule has 0 bridgehead atoms. The van der Waals surface area contributed by atoms with Crippen LogP contribution in [0.2, 0.25) is 0 Å². The van der Waals surface area contributed by atoms with Crippen molar-refractivity contribution in [2.24, 2.45) is 0 Å². The number of hydrogen-bond donors (Lipinski definition) is 4. The maximum atomic E-state index is 12.1. The molecule has 0 spiro atoms. The van der Waals surface area contributed by atoms with Crippen LogP contribution in [0.25, 0.3) is 0 Å². The van der Waals surface area contributed by atoms with E-state index in [1.165, 1.54) is 29.3 Å². The summed E-state index contributed by atoms with van der Waals surface area (Å²) in [5.41, 5.74) is 0.882. The minimum atomic E-state index is -1.34. The number of alkyl carbamates (subject to hydrolysis) is 1. The molecule has 1 atom stereocenters. The van der Waals surface area contributed by atoms with Gasteiger partial charge in [-0.15, -0.1) is 0 Å². The number of phenolic OH excluding ortho intramolecular Hbond substituents is 2. The number of pyridine rings is 1. The molecule has 154 valence electrons. The number of carbonyl (C=O) groups excluding carboxylic acids is 2. The molecule has 29 heavy (non-hydrogen) atoms. The predicted octanol–water partition coefficient (Wildman–Crippen LogP) is 1.12. The highest BCUT2D eigenvalue weighted by Crippen LogP contribution is 2.25. The number of rotatable bonds is 7. The van der Waals surface area contributed by atoms with Crippen molar-refractivity contribution >= 4 is 18.0 Å². The lowest BCUT2D eigenvalue weighted by atomic mass is 10.1. The maximum absolute atomic E-state index is 12.1. The fourth-order valence-corrected chi connectivity index (χ4v) is 2.44. The third kappa shape index (κ3) is 5.83. The summed E-state index contributed by atoms with van der Waals surface area (Å²) in [5, 5.41) is 30.4. The van der Waals surface area contributed by atoms with Crippen LogP contribution in [0.15, 0.2) is 36.5 Å². The lowest BCUT2D eigenvalue weighted by Crippen LogP contribution is -2.42. The molecule has 1 heterocycles. The Morgan fingerprint density at radius 1 is 1.17 bits per heavy atom. The van der Waals surface area contributed by atoms with Gasteiger partial charge in [-0.25, -0.2) is 9.59 Å². The molecule has 0 saturated heterocycles. The second-order valence-corrected chi connectivity index (χ2v) is 6.34. The van der Waals surface area contributed by atoms with E-state index in [0.29, 0.717) is 5.56 Å². The Labute approximate surface area is 166 Å². The molecular formula is C19H21N3O7. The molecule has 0 saturated carbocycles. The first kappa shape index (κ1) is 21.5. The molecule has 0 aliphatic rings. The Morgan fingerprint density at radius 2 is 1.90 bits per heavy atom. The number of benzene rings is 1. The van der Waals surface area contributed by atoms with Gasteiger partial charge in [0.05, 0.1) is 11.3 Å². The zero-order valence-electron chi connectivity index (χ0n) is 15.8. The number of carbonyl (C=O) groups is 3. The number of carboxylic acids is 1. The van der Waals surface area contributed by atoms with Gasteiger partial charge in [0, 0.05) is 26.7 Å². The largest absolute Gasteiger partial charge is 0.504 e. The van der Waals surface area contributed by atoms with E-state index in [0.717, 1.165) is 0 Å². The monoisotopic (exact) mass is 403 g/mol. The van der Waals surface area contributed by atoms with Gasteiger partial charge in [0.2, 0.25) is 0 Å². The zero-order valence-corrected chi connectivity index (χ0v) is 15.8. The Hall–Kier alpha value is -3.82. The second kappa shape index (κ2) is 9.40. The van der Waals surface area contributed by atoms with Gasteiger partial charge in [-0.05, 0) is 29.8 Å². The van der Waals surface area contributed by atoms with Crippen LogP contribution < -0.4 is 5.32 Å². The molecule has 0 radical (unpaired) electrons. The lowest BCUT2D eigenvalue weighted by molar-refractivity contribution is -0.139. The number of ether oxygens (including phenoxy) is 1. The highest BCUT2D eigenvalue weighted by molar-refractivity contribution is 5.94. The van der Waals surface area contributed by atoms with E-state index in [-0.39, 0.29) is 35.9 Å². The van der Waals surface area contributed by atoms with Gasteiger partial charge < -0.3 is 30.3 Å². The standard InChI is InChI=1S/C19H21N3O7/c1-22(2)17(25)12-4-3-7-20-14(12)10-29-19(28)21-13(18(26)27)8-11-5-6-15(23)16(24)9-11/h3-7,9,13,23-24H,8,10H2,1-2H3,(H,21,28)(H,26,27). The summed E-state index contributed by atoms with van der Waals surface area (Å²) < 4.78 is 5.02. The quantitative estimate of drug-likeness (QED) is 0.502. The van der Waals surface area contributed by atoms with Crippen molar-refractivity contribution in [1.82, 2.24) is 15.2 Å². The van der Waals surface area contributed by atoms with E-state index in [1.54, 1.807) is 26.2 Å². The summed E-state index contributed by atoms with van der Waals surface area (Å²) in [7, 11) is 3.15.